The lowest BCUT2D eigenvalue weighted by molar-refractivity contribution is -0.0776. The lowest BCUT2D eigenvalue weighted by Gasteiger charge is -2.45. The number of aromatic nitrogens is 1. The first-order valence-electron chi connectivity index (χ1n) is 6.49. The number of nitrogens with zero attached hydrogens (tertiary/aromatic N) is 1. The van der Waals surface area contributed by atoms with Crippen molar-refractivity contribution in [1.82, 2.24) is 4.98 Å². The van der Waals surface area contributed by atoms with Crippen molar-refractivity contribution in [2.24, 2.45) is 11.3 Å². The molecule has 2 atom stereocenters. The highest BCUT2D eigenvalue weighted by atomic mass is 16.3. The van der Waals surface area contributed by atoms with Gasteiger partial charge in [-0.05, 0) is 49.1 Å². The zero-order valence-electron chi connectivity index (χ0n) is 11.3. The Bertz CT molecular complexity index is 413. The van der Waals surface area contributed by atoms with Gasteiger partial charge in [-0.25, -0.2) is 0 Å². The smallest absolute Gasteiger partial charge is 0.0939 e. The third-order valence-corrected chi connectivity index (χ3v) is 4.36. The van der Waals surface area contributed by atoms with Crippen LogP contribution >= 0.6 is 0 Å². The first-order chi connectivity index (χ1) is 7.85. The molecule has 1 aromatic rings. The second kappa shape index (κ2) is 4.09. The van der Waals surface area contributed by atoms with Crippen molar-refractivity contribution in [3.63, 3.8) is 0 Å². The number of hydrogen-bond acceptors (Lipinski definition) is 2. The SMILES string of the molecule is Cc1ccncc1C1(O)CCC(C)(C)CC1C. The minimum absolute atomic E-state index is 0.286. The molecule has 1 saturated carbocycles. The van der Waals surface area contributed by atoms with Gasteiger partial charge in [0.05, 0.1) is 5.60 Å². The van der Waals surface area contributed by atoms with Crippen LogP contribution < -0.4 is 0 Å². The van der Waals surface area contributed by atoms with Gasteiger partial charge in [0.25, 0.3) is 0 Å². The van der Waals surface area contributed by atoms with E-state index >= 15 is 0 Å². The summed E-state index contributed by atoms with van der Waals surface area (Å²) in [4.78, 5) is 4.18. The van der Waals surface area contributed by atoms with Crippen LogP contribution in [0.2, 0.25) is 0 Å². The molecule has 2 heteroatoms. The second-order valence-electron chi connectivity index (χ2n) is 6.38. The molecule has 2 unspecified atom stereocenters. The number of pyridine rings is 1. The molecule has 0 aromatic carbocycles. The van der Waals surface area contributed by atoms with E-state index in [1.165, 1.54) is 0 Å². The summed E-state index contributed by atoms with van der Waals surface area (Å²) in [6.45, 7) is 8.80. The van der Waals surface area contributed by atoms with Crippen molar-refractivity contribution in [2.45, 2.75) is 52.6 Å². The summed E-state index contributed by atoms with van der Waals surface area (Å²) in [6.07, 6.45) is 6.61. The molecule has 1 N–H and O–H groups in total. The Morgan fingerprint density at radius 3 is 2.65 bits per heavy atom. The molecular weight excluding hydrogens is 210 g/mol. The molecule has 0 radical (unpaired) electrons. The van der Waals surface area contributed by atoms with Crippen LogP contribution in [0.3, 0.4) is 0 Å². The third kappa shape index (κ3) is 2.23. The predicted molar refractivity (Wildman–Crippen MR) is 69.7 cm³/mol. The lowest BCUT2D eigenvalue weighted by atomic mass is 9.63. The monoisotopic (exact) mass is 233 g/mol. The Kier molecular flexibility index (Phi) is 3.03. The maximum atomic E-state index is 11.0. The summed E-state index contributed by atoms with van der Waals surface area (Å²) >= 11 is 0. The molecular formula is C15H23NO. The van der Waals surface area contributed by atoms with E-state index < -0.39 is 5.60 Å². The Balaban J connectivity index is 2.35. The van der Waals surface area contributed by atoms with E-state index in [1.54, 1.807) is 6.20 Å². The summed E-state index contributed by atoms with van der Waals surface area (Å²) in [5.41, 5.74) is 1.83. The standard InChI is InChI=1S/C15H23NO/c1-11-5-8-16-10-13(11)15(17)7-6-14(3,4)9-12(15)2/h5,8,10,12,17H,6-7,9H2,1-4H3. The first-order valence-corrected chi connectivity index (χ1v) is 6.49. The Labute approximate surface area is 104 Å². The summed E-state index contributed by atoms with van der Waals surface area (Å²) < 4.78 is 0. The van der Waals surface area contributed by atoms with Gasteiger partial charge in [0.2, 0.25) is 0 Å². The molecule has 0 aliphatic heterocycles. The first kappa shape index (κ1) is 12.6. The molecule has 1 fully saturated rings. The molecule has 1 aromatic heterocycles. The fraction of sp³-hybridized carbons (Fsp3) is 0.667. The fourth-order valence-electron chi connectivity index (χ4n) is 3.19. The summed E-state index contributed by atoms with van der Waals surface area (Å²) in [5.74, 6) is 0.286. The highest BCUT2D eigenvalue weighted by molar-refractivity contribution is 5.29. The van der Waals surface area contributed by atoms with E-state index in [-0.39, 0.29) is 5.92 Å². The topological polar surface area (TPSA) is 33.1 Å². The molecule has 0 amide bonds. The maximum Gasteiger partial charge on any atom is 0.0939 e. The van der Waals surface area contributed by atoms with Crippen LogP contribution in [0, 0.1) is 18.3 Å². The number of rotatable bonds is 1. The number of aliphatic hydroxyl groups is 1. The van der Waals surface area contributed by atoms with Gasteiger partial charge >= 0.3 is 0 Å². The van der Waals surface area contributed by atoms with Crippen molar-refractivity contribution in [3.8, 4) is 0 Å². The quantitative estimate of drug-likeness (QED) is 0.806. The van der Waals surface area contributed by atoms with Crippen molar-refractivity contribution >= 4 is 0 Å². The van der Waals surface area contributed by atoms with Gasteiger partial charge in [-0.2, -0.15) is 0 Å². The van der Waals surface area contributed by atoms with Gasteiger partial charge in [0.1, 0.15) is 0 Å². The summed E-state index contributed by atoms with van der Waals surface area (Å²) in [7, 11) is 0. The van der Waals surface area contributed by atoms with Crippen LogP contribution in [-0.2, 0) is 5.60 Å². The van der Waals surface area contributed by atoms with Crippen LogP contribution in [0.4, 0.5) is 0 Å². The molecule has 1 aliphatic carbocycles. The zero-order valence-corrected chi connectivity index (χ0v) is 11.3. The summed E-state index contributed by atoms with van der Waals surface area (Å²) in [5, 5.41) is 11.0. The second-order valence-corrected chi connectivity index (χ2v) is 6.38. The van der Waals surface area contributed by atoms with Crippen LogP contribution in [0.1, 0.15) is 51.2 Å². The van der Waals surface area contributed by atoms with E-state index in [4.69, 9.17) is 0 Å². The molecule has 17 heavy (non-hydrogen) atoms. The molecule has 2 rings (SSSR count). The van der Waals surface area contributed by atoms with E-state index in [0.29, 0.717) is 5.41 Å². The predicted octanol–water partition coefficient (Wildman–Crippen LogP) is 3.42. The average Bonchev–Trinajstić information content (AvgIpc) is 2.24. The molecule has 0 spiro atoms. The molecule has 2 nitrogen and oxygen atoms in total. The minimum atomic E-state index is -0.687. The zero-order chi connectivity index (χ0) is 12.7. The normalized spacial score (nSPS) is 32.4. The van der Waals surface area contributed by atoms with Gasteiger partial charge in [-0.3, -0.25) is 4.98 Å². The third-order valence-electron chi connectivity index (χ3n) is 4.36. The average molecular weight is 233 g/mol. The van der Waals surface area contributed by atoms with E-state index in [1.807, 2.05) is 12.3 Å². The minimum Gasteiger partial charge on any atom is -0.385 e. The Morgan fingerprint density at radius 2 is 2.06 bits per heavy atom. The molecule has 1 aliphatic rings. The van der Waals surface area contributed by atoms with E-state index in [0.717, 1.165) is 30.4 Å². The van der Waals surface area contributed by atoms with Gasteiger partial charge in [0, 0.05) is 18.0 Å². The molecule has 0 saturated heterocycles. The van der Waals surface area contributed by atoms with E-state index in [2.05, 4.69) is 32.7 Å². The van der Waals surface area contributed by atoms with Gasteiger partial charge < -0.3 is 5.11 Å². The summed E-state index contributed by atoms with van der Waals surface area (Å²) in [6, 6.07) is 1.99. The largest absolute Gasteiger partial charge is 0.385 e. The molecule has 94 valence electrons. The fourth-order valence-corrected chi connectivity index (χ4v) is 3.19. The number of aryl methyl sites for hydroxylation is 1. The highest BCUT2D eigenvalue weighted by Gasteiger charge is 2.44. The van der Waals surface area contributed by atoms with E-state index in [9.17, 15) is 5.11 Å². The molecule has 0 bridgehead atoms. The van der Waals surface area contributed by atoms with Crippen LogP contribution in [0.25, 0.3) is 0 Å². The Hall–Kier alpha value is -0.890. The maximum absolute atomic E-state index is 11.0. The van der Waals surface area contributed by atoms with Crippen molar-refractivity contribution in [2.75, 3.05) is 0 Å². The van der Waals surface area contributed by atoms with Gasteiger partial charge in [-0.15, -0.1) is 0 Å². The Morgan fingerprint density at radius 1 is 1.35 bits per heavy atom. The number of hydrogen-bond donors (Lipinski definition) is 1. The van der Waals surface area contributed by atoms with Crippen LogP contribution in [0.5, 0.6) is 0 Å². The molecule has 1 heterocycles. The highest BCUT2D eigenvalue weighted by Crippen LogP contribution is 2.49. The van der Waals surface area contributed by atoms with Crippen molar-refractivity contribution in [3.05, 3.63) is 29.6 Å². The van der Waals surface area contributed by atoms with Crippen molar-refractivity contribution < 1.29 is 5.11 Å². The van der Waals surface area contributed by atoms with Crippen LogP contribution in [0.15, 0.2) is 18.5 Å². The van der Waals surface area contributed by atoms with Crippen LogP contribution in [-0.4, -0.2) is 10.1 Å². The van der Waals surface area contributed by atoms with Gasteiger partial charge in [-0.1, -0.05) is 20.8 Å². The van der Waals surface area contributed by atoms with Gasteiger partial charge in [0.15, 0.2) is 0 Å². The lowest BCUT2D eigenvalue weighted by Crippen LogP contribution is -2.42. The van der Waals surface area contributed by atoms with Crippen molar-refractivity contribution in [1.29, 1.82) is 0 Å².